The molecule has 1 N–H and O–H groups in total. The summed E-state index contributed by atoms with van der Waals surface area (Å²) in [6.07, 6.45) is 2.93. The number of halogens is 1. The first kappa shape index (κ1) is 12.4. The minimum atomic E-state index is -0.408. The van der Waals surface area contributed by atoms with E-state index >= 15 is 0 Å². The van der Waals surface area contributed by atoms with Crippen molar-refractivity contribution in [3.8, 4) is 0 Å². The summed E-state index contributed by atoms with van der Waals surface area (Å²) >= 11 is 5.17. The lowest BCUT2D eigenvalue weighted by molar-refractivity contribution is 0.0266. The lowest BCUT2D eigenvalue weighted by Gasteiger charge is -2.46. The Morgan fingerprint density at radius 1 is 1.17 bits per heavy atom. The Morgan fingerprint density at radius 2 is 1.89 bits per heavy atom. The van der Waals surface area contributed by atoms with Gasteiger partial charge in [0.2, 0.25) is 0 Å². The van der Waals surface area contributed by atoms with Crippen LogP contribution in [0.4, 0.5) is 0 Å². The highest BCUT2D eigenvalue weighted by Crippen LogP contribution is 2.53. The molecule has 1 aromatic heterocycles. The van der Waals surface area contributed by atoms with Crippen molar-refractivity contribution in [3.63, 3.8) is 0 Å². The maximum Gasteiger partial charge on any atom is 0.0905 e. The first-order chi connectivity index (χ1) is 8.74. The van der Waals surface area contributed by atoms with Crippen LogP contribution in [0.5, 0.6) is 0 Å². The lowest BCUT2D eigenvalue weighted by Crippen LogP contribution is -2.40. The molecule has 0 spiro atoms. The third-order valence-corrected chi connectivity index (χ3v) is 5.81. The largest absolute Gasteiger partial charge is 0.387 e. The molecule has 1 aliphatic rings. The van der Waals surface area contributed by atoms with Gasteiger partial charge in [0.25, 0.3) is 0 Å². The third-order valence-electron chi connectivity index (χ3n) is 4.05. The highest BCUT2D eigenvalue weighted by atomic mass is 79.9. The van der Waals surface area contributed by atoms with Crippen molar-refractivity contribution in [1.29, 1.82) is 0 Å². The molecule has 1 unspecified atom stereocenters. The van der Waals surface area contributed by atoms with E-state index in [9.17, 15) is 5.11 Å². The van der Waals surface area contributed by atoms with Crippen molar-refractivity contribution >= 4 is 27.3 Å². The number of aliphatic hydroxyl groups excluding tert-OH is 1. The van der Waals surface area contributed by atoms with E-state index in [-0.39, 0.29) is 5.41 Å². The monoisotopic (exact) mass is 322 g/mol. The Hall–Kier alpha value is -0.640. The second-order valence-electron chi connectivity index (χ2n) is 4.95. The summed E-state index contributed by atoms with van der Waals surface area (Å²) in [5.74, 6) is 0. The molecule has 1 aromatic carbocycles. The highest BCUT2D eigenvalue weighted by Gasteiger charge is 2.46. The van der Waals surface area contributed by atoms with E-state index in [4.69, 9.17) is 0 Å². The molecule has 1 saturated carbocycles. The Morgan fingerprint density at radius 3 is 2.39 bits per heavy atom. The zero-order valence-corrected chi connectivity index (χ0v) is 12.4. The molecule has 0 aliphatic heterocycles. The highest BCUT2D eigenvalue weighted by molar-refractivity contribution is 9.10. The van der Waals surface area contributed by atoms with Crippen LogP contribution < -0.4 is 0 Å². The van der Waals surface area contributed by atoms with Crippen LogP contribution in [0.3, 0.4) is 0 Å². The van der Waals surface area contributed by atoms with Crippen LogP contribution in [0.1, 0.15) is 36.5 Å². The van der Waals surface area contributed by atoms with Crippen molar-refractivity contribution < 1.29 is 5.11 Å². The Kier molecular flexibility index (Phi) is 3.31. The van der Waals surface area contributed by atoms with Crippen LogP contribution in [0, 0.1) is 0 Å². The van der Waals surface area contributed by atoms with Gasteiger partial charge >= 0.3 is 0 Å². The fourth-order valence-corrected chi connectivity index (χ4v) is 4.36. The van der Waals surface area contributed by atoms with Gasteiger partial charge in [0.15, 0.2) is 0 Å². The van der Waals surface area contributed by atoms with Gasteiger partial charge in [-0.2, -0.15) is 11.3 Å². The molecule has 2 aromatic rings. The Bertz CT molecular complexity index is 530. The Balaban J connectivity index is 2.00. The summed E-state index contributed by atoms with van der Waals surface area (Å²) in [6, 6.07) is 10.4. The predicted octanol–water partition coefficient (Wildman–Crippen LogP) is 4.67. The summed E-state index contributed by atoms with van der Waals surface area (Å²) in [5, 5.41) is 14.9. The van der Waals surface area contributed by atoms with Gasteiger partial charge in [-0.25, -0.2) is 0 Å². The van der Waals surface area contributed by atoms with Gasteiger partial charge in [-0.3, -0.25) is 0 Å². The summed E-state index contributed by atoms with van der Waals surface area (Å²) in [7, 11) is 0. The zero-order chi connectivity index (χ0) is 12.6. The van der Waals surface area contributed by atoms with Gasteiger partial charge in [-0.1, -0.05) is 36.8 Å². The number of thiophene rings is 1. The van der Waals surface area contributed by atoms with Crippen LogP contribution in [-0.4, -0.2) is 5.11 Å². The number of rotatable bonds is 3. The quantitative estimate of drug-likeness (QED) is 0.870. The average molecular weight is 323 g/mol. The van der Waals surface area contributed by atoms with E-state index in [0.717, 1.165) is 22.9 Å². The maximum absolute atomic E-state index is 10.8. The fraction of sp³-hybridized carbons (Fsp3) is 0.333. The maximum atomic E-state index is 10.8. The van der Waals surface area contributed by atoms with Gasteiger partial charge in [0.05, 0.1) is 6.10 Å². The average Bonchev–Trinajstić information content (AvgIpc) is 2.75. The first-order valence-corrected chi connectivity index (χ1v) is 7.93. The molecule has 1 nitrogen and oxygen atoms in total. The third kappa shape index (κ3) is 1.85. The van der Waals surface area contributed by atoms with Gasteiger partial charge in [0.1, 0.15) is 0 Å². The molecule has 0 bridgehead atoms. The van der Waals surface area contributed by atoms with Crippen LogP contribution in [0.25, 0.3) is 0 Å². The summed E-state index contributed by atoms with van der Waals surface area (Å²) in [5.41, 5.74) is 2.22. The molecule has 3 heteroatoms. The summed E-state index contributed by atoms with van der Waals surface area (Å²) in [4.78, 5) is 0. The van der Waals surface area contributed by atoms with Gasteiger partial charge in [-0.15, -0.1) is 0 Å². The van der Waals surface area contributed by atoms with Crippen molar-refractivity contribution in [2.75, 3.05) is 0 Å². The lowest BCUT2D eigenvalue weighted by atomic mass is 9.60. The van der Waals surface area contributed by atoms with Crippen molar-refractivity contribution in [1.82, 2.24) is 0 Å². The van der Waals surface area contributed by atoms with E-state index in [0.29, 0.717) is 0 Å². The van der Waals surface area contributed by atoms with Crippen LogP contribution >= 0.6 is 27.3 Å². The minimum Gasteiger partial charge on any atom is -0.387 e. The second-order valence-corrected chi connectivity index (χ2v) is 6.55. The van der Waals surface area contributed by atoms with Gasteiger partial charge in [0, 0.05) is 20.8 Å². The number of hydrogen-bond acceptors (Lipinski definition) is 2. The van der Waals surface area contributed by atoms with E-state index < -0.39 is 6.10 Å². The van der Waals surface area contributed by atoms with Gasteiger partial charge in [-0.05, 0) is 39.7 Å². The van der Waals surface area contributed by atoms with E-state index in [1.807, 2.05) is 11.4 Å². The SMILES string of the molecule is OC(c1cscc1Br)C1(c2ccccc2)CCC1. The van der Waals surface area contributed by atoms with Gasteiger partial charge < -0.3 is 5.11 Å². The molecule has 94 valence electrons. The summed E-state index contributed by atoms with van der Waals surface area (Å²) < 4.78 is 1.03. The molecule has 3 rings (SSSR count). The second kappa shape index (κ2) is 4.80. The minimum absolute atomic E-state index is 0.0785. The van der Waals surface area contributed by atoms with E-state index in [1.54, 1.807) is 11.3 Å². The van der Waals surface area contributed by atoms with Crippen LogP contribution in [-0.2, 0) is 5.41 Å². The normalized spacial score (nSPS) is 19.2. The molecule has 1 atom stereocenters. The van der Waals surface area contributed by atoms with Crippen LogP contribution in [0.15, 0.2) is 45.6 Å². The molecule has 0 radical (unpaired) electrons. The summed E-state index contributed by atoms with van der Waals surface area (Å²) in [6.45, 7) is 0. The smallest absolute Gasteiger partial charge is 0.0905 e. The number of benzene rings is 1. The molecular weight excluding hydrogens is 308 g/mol. The number of aliphatic hydroxyl groups is 1. The molecule has 18 heavy (non-hydrogen) atoms. The van der Waals surface area contributed by atoms with Crippen molar-refractivity contribution in [3.05, 3.63) is 56.7 Å². The predicted molar refractivity (Wildman–Crippen MR) is 78.9 cm³/mol. The molecule has 0 amide bonds. The molecule has 0 saturated heterocycles. The molecule has 1 fully saturated rings. The number of hydrogen-bond donors (Lipinski definition) is 1. The molecule has 1 aliphatic carbocycles. The van der Waals surface area contributed by atoms with Crippen LogP contribution in [0.2, 0.25) is 0 Å². The fourth-order valence-electron chi connectivity index (χ4n) is 2.83. The van der Waals surface area contributed by atoms with E-state index in [2.05, 4.69) is 45.6 Å². The van der Waals surface area contributed by atoms with Crippen molar-refractivity contribution in [2.45, 2.75) is 30.8 Å². The molecule has 1 heterocycles. The first-order valence-electron chi connectivity index (χ1n) is 6.19. The standard InChI is InChI=1S/C15H15BrOS/c16-13-10-18-9-12(13)14(17)15(7-4-8-15)11-5-2-1-3-6-11/h1-3,5-6,9-10,14,17H,4,7-8H2. The molecular formula is C15H15BrOS. The zero-order valence-electron chi connectivity index (χ0n) is 9.97. The Labute approximate surface area is 120 Å². The van der Waals surface area contributed by atoms with Crippen molar-refractivity contribution in [2.24, 2.45) is 0 Å². The topological polar surface area (TPSA) is 20.2 Å². The van der Waals surface area contributed by atoms with E-state index in [1.165, 1.54) is 12.0 Å².